The van der Waals surface area contributed by atoms with Crippen LogP contribution in [0.4, 0.5) is 11.5 Å². The third kappa shape index (κ3) is 1.88. The number of hydrogen-bond acceptors (Lipinski definition) is 4. The Labute approximate surface area is 93.6 Å². The molecule has 16 heavy (non-hydrogen) atoms. The van der Waals surface area contributed by atoms with Gasteiger partial charge in [0.05, 0.1) is 5.69 Å². The fraction of sp³-hybridized carbons (Fsp3) is 0.364. The predicted molar refractivity (Wildman–Crippen MR) is 61.2 cm³/mol. The highest BCUT2D eigenvalue weighted by Crippen LogP contribution is 2.28. The first kappa shape index (κ1) is 10.6. The summed E-state index contributed by atoms with van der Waals surface area (Å²) >= 11 is 0. The second kappa shape index (κ2) is 4.30. The van der Waals surface area contributed by atoms with E-state index in [1.807, 2.05) is 6.92 Å². The average Bonchev–Trinajstić information content (AvgIpc) is 2.77. The second-order valence-electron chi connectivity index (χ2n) is 3.67. The van der Waals surface area contributed by atoms with Crippen molar-refractivity contribution in [3.05, 3.63) is 40.2 Å². The molecular formula is C11H13N3O2. The van der Waals surface area contributed by atoms with Crippen LogP contribution in [0.1, 0.15) is 19.8 Å². The fourth-order valence-electron chi connectivity index (χ4n) is 1.94. The summed E-state index contributed by atoms with van der Waals surface area (Å²) < 4.78 is 0. The van der Waals surface area contributed by atoms with E-state index in [1.54, 1.807) is 12.3 Å². The molecule has 2 rings (SSSR count). The maximum Gasteiger partial charge on any atom is 0.363 e. The minimum atomic E-state index is -0.482. The maximum absolute atomic E-state index is 10.5. The number of aromatic nitrogens is 1. The summed E-state index contributed by atoms with van der Waals surface area (Å²) in [6.45, 7) is 2.96. The third-order valence-corrected chi connectivity index (χ3v) is 2.73. The molecule has 0 aromatic carbocycles. The molecule has 0 unspecified atom stereocenters. The Balaban J connectivity index is 2.25. The van der Waals surface area contributed by atoms with E-state index in [4.69, 9.17) is 0 Å². The van der Waals surface area contributed by atoms with Gasteiger partial charge in [-0.05, 0) is 35.7 Å². The van der Waals surface area contributed by atoms with Crippen LogP contribution in [0.5, 0.6) is 0 Å². The summed E-state index contributed by atoms with van der Waals surface area (Å²) in [5.41, 5.74) is 2.19. The Kier molecular flexibility index (Phi) is 2.85. The quantitative estimate of drug-likeness (QED) is 0.566. The zero-order valence-corrected chi connectivity index (χ0v) is 9.09. The van der Waals surface area contributed by atoms with Crippen molar-refractivity contribution in [2.75, 3.05) is 11.4 Å². The van der Waals surface area contributed by atoms with Crippen molar-refractivity contribution < 1.29 is 4.92 Å². The van der Waals surface area contributed by atoms with Crippen LogP contribution in [0.3, 0.4) is 0 Å². The van der Waals surface area contributed by atoms with Gasteiger partial charge in [-0.15, -0.1) is 0 Å². The lowest BCUT2D eigenvalue weighted by atomic mass is 10.3. The minimum Gasteiger partial charge on any atom is -0.358 e. The predicted octanol–water partition coefficient (Wildman–Crippen LogP) is 2.49. The molecule has 0 spiro atoms. The van der Waals surface area contributed by atoms with Gasteiger partial charge in [-0.2, -0.15) is 0 Å². The van der Waals surface area contributed by atoms with Gasteiger partial charge in [-0.1, -0.05) is 6.08 Å². The molecule has 0 atom stereocenters. The largest absolute Gasteiger partial charge is 0.363 e. The molecule has 1 aliphatic heterocycles. The molecule has 1 saturated heterocycles. The molecule has 0 N–H and O–H groups in total. The molecule has 0 amide bonds. The first-order chi connectivity index (χ1) is 7.72. The highest BCUT2D eigenvalue weighted by molar-refractivity contribution is 5.53. The van der Waals surface area contributed by atoms with E-state index in [9.17, 15) is 10.1 Å². The number of hydrogen-bond donors (Lipinski definition) is 0. The molecule has 5 heteroatoms. The minimum absolute atomic E-state index is 0.107. The number of pyridine rings is 1. The standard InChI is InChI=1S/C11H13N3O2/c1-2-9-4-3-7-13(9)10-5-6-11(12-8-10)14(15)16/h2,5-6,8H,3-4,7H2,1H3/b9-2+. The van der Waals surface area contributed by atoms with Gasteiger partial charge in [0.25, 0.3) is 0 Å². The van der Waals surface area contributed by atoms with Crippen LogP contribution in [0.2, 0.25) is 0 Å². The van der Waals surface area contributed by atoms with Crippen molar-refractivity contribution in [2.45, 2.75) is 19.8 Å². The summed E-state index contributed by atoms with van der Waals surface area (Å²) in [6, 6.07) is 3.20. The maximum atomic E-state index is 10.5. The van der Waals surface area contributed by atoms with Gasteiger partial charge in [0, 0.05) is 18.3 Å². The Morgan fingerprint density at radius 1 is 1.56 bits per heavy atom. The lowest BCUT2D eigenvalue weighted by molar-refractivity contribution is -0.389. The second-order valence-corrected chi connectivity index (χ2v) is 3.67. The lowest BCUT2D eigenvalue weighted by Gasteiger charge is -2.18. The van der Waals surface area contributed by atoms with E-state index in [2.05, 4.69) is 16.0 Å². The highest BCUT2D eigenvalue weighted by atomic mass is 16.6. The number of anilines is 1. The van der Waals surface area contributed by atoms with Gasteiger partial charge in [0.1, 0.15) is 0 Å². The molecule has 0 bridgehead atoms. The van der Waals surface area contributed by atoms with Crippen molar-refractivity contribution in [3.63, 3.8) is 0 Å². The lowest BCUT2D eigenvalue weighted by Crippen LogP contribution is -2.16. The molecule has 0 saturated carbocycles. The van der Waals surface area contributed by atoms with Crippen molar-refractivity contribution in [3.8, 4) is 0 Å². The molecule has 1 fully saturated rings. The van der Waals surface area contributed by atoms with Crippen LogP contribution < -0.4 is 4.90 Å². The van der Waals surface area contributed by atoms with Gasteiger partial charge < -0.3 is 15.0 Å². The zero-order valence-electron chi connectivity index (χ0n) is 9.09. The molecule has 1 aromatic heterocycles. The van der Waals surface area contributed by atoms with E-state index >= 15 is 0 Å². The number of nitrogens with zero attached hydrogens (tertiary/aromatic N) is 3. The summed E-state index contributed by atoms with van der Waals surface area (Å²) in [5.74, 6) is -0.107. The van der Waals surface area contributed by atoms with Crippen LogP contribution in [0.25, 0.3) is 0 Å². The molecule has 0 aliphatic carbocycles. The van der Waals surface area contributed by atoms with Crippen LogP contribution in [0, 0.1) is 10.1 Å². The van der Waals surface area contributed by atoms with Gasteiger partial charge in [-0.25, -0.2) is 0 Å². The van der Waals surface area contributed by atoms with Gasteiger partial charge >= 0.3 is 5.82 Å². The number of nitro groups is 1. The average molecular weight is 219 g/mol. The van der Waals surface area contributed by atoms with Crippen LogP contribution in [-0.2, 0) is 0 Å². The number of allylic oxidation sites excluding steroid dienone is 2. The molecule has 5 nitrogen and oxygen atoms in total. The Morgan fingerprint density at radius 2 is 2.38 bits per heavy atom. The van der Waals surface area contributed by atoms with E-state index in [0.29, 0.717) is 0 Å². The van der Waals surface area contributed by atoms with E-state index in [-0.39, 0.29) is 5.82 Å². The zero-order chi connectivity index (χ0) is 11.5. The normalized spacial score (nSPS) is 18.1. The Morgan fingerprint density at radius 3 is 2.94 bits per heavy atom. The van der Waals surface area contributed by atoms with Gasteiger partial charge in [-0.3, -0.25) is 0 Å². The Hall–Kier alpha value is -1.91. The van der Waals surface area contributed by atoms with E-state index in [0.717, 1.165) is 25.1 Å². The Bertz CT molecular complexity index is 425. The molecule has 1 aromatic rings. The monoisotopic (exact) mass is 219 g/mol. The molecule has 84 valence electrons. The summed E-state index contributed by atoms with van der Waals surface area (Å²) in [4.78, 5) is 16.0. The van der Waals surface area contributed by atoms with Crippen molar-refractivity contribution in [2.24, 2.45) is 0 Å². The van der Waals surface area contributed by atoms with Crippen molar-refractivity contribution in [1.29, 1.82) is 0 Å². The first-order valence-corrected chi connectivity index (χ1v) is 5.25. The van der Waals surface area contributed by atoms with Crippen molar-refractivity contribution >= 4 is 11.5 Å². The molecule has 1 aliphatic rings. The van der Waals surface area contributed by atoms with Crippen LogP contribution in [0.15, 0.2) is 30.1 Å². The summed E-state index contributed by atoms with van der Waals surface area (Å²) in [7, 11) is 0. The third-order valence-electron chi connectivity index (χ3n) is 2.73. The molecule has 0 radical (unpaired) electrons. The fourth-order valence-corrected chi connectivity index (χ4v) is 1.94. The van der Waals surface area contributed by atoms with Crippen LogP contribution >= 0.6 is 0 Å². The summed E-state index contributed by atoms with van der Waals surface area (Å²) in [6.07, 6.45) is 5.82. The molecular weight excluding hydrogens is 206 g/mol. The topological polar surface area (TPSA) is 59.3 Å². The SMILES string of the molecule is C/C=C1\CCCN1c1ccc([N+](=O)[O-])nc1. The van der Waals surface area contributed by atoms with E-state index < -0.39 is 4.92 Å². The van der Waals surface area contributed by atoms with Crippen molar-refractivity contribution in [1.82, 2.24) is 4.98 Å². The highest BCUT2D eigenvalue weighted by Gasteiger charge is 2.19. The molecule has 2 heterocycles. The van der Waals surface area contributed by atoms with Gasteiger partial charge in [0.2, 0.25) is 0 Å². The summed E-state index contributed by atoms with van der Waals surface area (Å²) in [5, 5.41) is 10.5. The number of rotatable bonds is 2. The first-order valence-electron chi connectivity index (χ1n) is 5.25. The van der Waals surface area contributed by atoms with E-state index in [1.165, 1.54) is 11.8 Å². The van der Waals surface area contributed by atoms with Gasteiger partial charge in [0.15, 0.2) is 6.20 Å². The smallest absolute Gasteiger partial charge is 0.358 e. The van der Waals surface area contributed by atoms with Crippen LogP contribution in [-0.4, -0.2) is 16.5 Å².